The van der Waals surface area contributed by atoms with Crippen molar-refractivity contribution in [2.45, 2.75) is 11.8 Å². The van der Waals surface area contributed by atoms with Crippen molar-refractivity contribution in [2.75, 3.05) is 6.26 Å². The lowest BCUT2D eigenvalue weighted by Crippen LogP contribution is -1.94. The van der Waals surface area contributed by atoms with Crippen LogP contribution in [0.2, 0.25) is 0 Å². The van der Waals surface area contributed by atoms with Crippen LogP contribution in [0.5, 0.6) is 5.75 Å². The molecule has 0 fully saturated rings. The van der Waals surface area contributed by atoms with Gasteiger partial charge in [-0.25, -0.2) is 15.0 Å². The molecule has 0 unspecified atom stereocenters. The van der Waals surface area contributed by atoms with Gasteiger partial charge in [-0.3, -0.25) is 0 Å². The summed E-state index contributed by atoms with van der Waals surface area (Å²) < 4.78 is 7.05. The molecule has 2 aromatic carbocycles. The summed E-state index contributed by atoms with van der Waals surface area (Å²) in [5.41, 5.74) is 2.98. The Balaban J connectivity index is 1.46. The van der Waals surface area contributed by atoms with Crippen LogP contribution in [0.15, 0.2) is 66.0 Å². The van der Waals surface area contributed by atoms with E-state index in [1.54, 1.807) is 17.5 Å². The first-order valence-corrected chi connectivity index (χ1v) is 9.81. The van der Waals surface area contributed by atoms with Gasteiger partial charge < -0.3 is 4.74 Å². The molecule has 0 atom stereocenters. The van der Waals surface area contributed by atoms with Gasteiger partial charge >= 0.3 is 0 Å². The number of para-hydroxylation sites is 1. The number of hydrogen-bond acceptors (Lipinski definition) is 6. The largest absolute Gasteiger partial charge is 0.486 e. The quantitative estimate of drug-likeness (QED) is 0.366. The average molecular weight is 365 g/mol. The molecule has 0 saturated heterocycles. The van der Waals surface area contributed by atoms with Gasteiger partial charge in [-0.1, -0.05) is 23.9 Å². The summed E-state index contributed by atoms with van der Waals surface area (Å²) in [6.07, 6.45) is 3.75. The van der Waals surface area contributed by atoms with Crippen molar-refractivity contribution in [3.05, 3.63) is 65.8 Å². The van der Waals surface area contributed by atoms with E-state index in [-0.39, 0.29) is 0 Å². The monoisotopic (exact) mass is 365 g/mol. The van der Waals surface area contributed by atoms with Gasteiger partial charge in [0.05, 0.1) is 15.9 Å². The average Bonchev–Trinajstić information content (AvgIpc) is 3.10. The van der Waals surface area contributed by atoms with Gasteiger partial charge in [0.15, 0.2) is 5.16 Å². The number of hydrogen-bond donors (Lipinski definition) is 0. The first kappa shape index (κ1) is 16.1. The number of fused-ring (bicyclic) bond motifs is 1. The summed E-state index contributed by atoms with van der Waals surface area (Å²) in [7, 11) is 0. The number of ether oxygens (including phenoxy) is 1. The molecule has 4 nitrogen and oxygen atoms in total. The van der Waals surface area contributed by atoms with Gasteiger partial charge in [0.25, 0.3) is 0 Å². The zero-order valence-corrected chi connectivity index (χ0v) is 15.2. The van der Waals surface area contributed by atoms with Crippen LogP contribution in [0, 0.1) is 0 Å². The van der Waals surface area contributed by atoms with Crippen LogP contribution in [0.4, 0.5) is 0 Å². The third kappa shape index (κ3) is 3.65. The topological polar surface area (TPSA) is 47.9 Å². The molecule has 0 radical (unpaired) electrons. The van der Waals surface area contributed by atoms with Crippen molar-refractivity contribution in [1.29, 1.82) is 0 Å². The van der Waals surface area contributed by atoms with Crippen molar-refractivity contribution in [1.82, 2.24) is 15.0 Å². The van der Waals surface area contributed by atoms with Crippen molar-refractivity contribution in [3.63, 3.8) is 0 Å². The zero-order chi connectivity index (χ0) is 17.1. The molecule has 25 heavy (non-hydrogen) atoms. The van der Waals surface area contributed by atoms with Crippen LogP contribution in [0.3, 0.4) is 0 Å². The normalized spacial score (nSPS) is 10.9. The van der Waals surface area contributed by atoms with Crippen LogP contribution < -0.4 is 4.74 Å². The number of benzene rings is 2. The number of rotatable bonds is 5. The Labute approximate surface area is 153 Å². The lowest BCUT2D eigenvalue weighted by atomic mass is 10.1. The van der Waals surface area contributed by atoms with E-state index in [1.807, 2.05) is 54.8 Å². The lowest BCUT2D eigenvalue weighted by molar-refractivity contribution is 0.306. The van der Waals surface area contributed by atoms with E-state index in [9.17, 15) is 0 Å². The van der Waals surface area contributed by atoms with E-state index in [0.29, 0.717) is 6.61 Å². The molecule has 124 valence electrons. The molecule has 2 aromatic heterocycles. The predicted octanol–water partition coefficient (Wildman–Crippen LogP) is 5.05. The highest BCUT2D eigenvalue weighted by molar-refractivity contribution is 7.98. The molecule has 6 heteroatoms. The van der Waals surface area contributed by atoms with Crippen LogP contribution in [-0.4, -0.2) is 21.2 Å². The Hall–Kier alpha value is -2.44. The molecular formula is C19H15N3OS2. The minimum Gasteiger partial charge on any atom is -0.486 e. The second-order valence-electron chi connectivity index (χ2n) is 5.32. The van der Waals surface area contributed by atoms with E-state index < -0.39 is 0 Å². The molecule has 0 amide bonds. The number of aromatic nitrogens is 3. The van der Waals surface area contributed by atoms with E-state index in [1.165, 1.54) is 16.5 Å². The molecule has 0 aliphatic carbocycles. The Bertz CT molecular complexity index is 966. The predicted molar refractivity (Wildman–Crippen MR) is 103 cm³/mol. The third-order valence-electron chi connectivity index (χ3n) is 3.67. The molecule has 0 aliphatic rings. The Morgan fingerprint density at radius 2 is 1.84 bits per heavy atom. The SMILES string of the molecule is CSc1nccc(-c2ccc(OCc3nc4ccccc4s3)cc2)n1. The van der Waals surface area contributed by atoms with E-state index in [4.69, 9.17) is 4.74 Å². The fraction of sp³-hybridized carbons (Fsp3) is 0.105. The van der Waals surface area contributed by atoms with E-state index in [0.717, 1.165) is 32.7 Å². The standard InChI is InChI=1S/C19H15N3OS2/c1-24-19-20-11-10-15(22-19)13-6-8-14(9-7-13)23-12-18-21-16-4-2-3-5-17(16)25-18/h2-11H,12H2,1H3. The van der Waals surface area contributed by atoms with Crippen molar-refractivity contribution >= 4 is 33.3 Å². The van der Waals surface area contributed by atoms with E-state index in [2.05, 4.69) is 21.0 Å². The molecule has 4 aromatic rings. The molecular weight excluding hydrogens is 350 g/mol. The molecule has 0 bridgehead atoms. The first-order chi connectivity index (χ1) is 12.3. The maximum Gasteiger partial charge on any atom is 0.187 e. The summed E-state index contributed by atoms with van der Waals surface area (Å²) >= 11 is 3.20. The second-order valence-corrected chi connectivity index (χ2v) is 7.21. The van der Waals surface area contributed by atoms with Crippen LogP contribution in [0.25, 0.3) is 21.5 Å². The highest BCUT2D eigenvalue weighted by Crippen LogP contribution is 2.25. The summed E-state index contributed by atoms with van der Waals surface area (Å²) in [6.45, 7) is 0.475. The molecule has 0 N–H and O–H groups in total. The number of thioether (sulfide) groups is 1. The van der Waals surface area contributed by atoms with Gasteiger partial charge in [-0.15, -0.1) is 11.3 Å². The highest BCUT2D eigenvalue weighted by Gasteiger charge is 2.05. The van der Waals surface area contributed by atoms with Crippen LogP contribution in [0.1, 0.15) is 5.01 Å². The highest BCUT2D eigenvalue weighted by atomic mass is 32.2. The van der Waals surface area contributed by atoms with Crippen LogP contribution >= 0.6 is 23.1 Å². The van der Waals surface area contributed by atoms with E-state index >= 15 is 0 Å². The van der Waals surface area contributed by atoms with Gasteiger partial charge in [0, 0.05) is 11.8 Å². The number of thiazole rings is 1. The molecule has 4 rings (SSSR count). The Morgan fingerprint density at radius 1 is 1.00 bits per heavy atom. The Kier molecular flexibility index (Phi) is 4.63. The lowest BCUT2D eigenvalue weighted by Gasteiger charge is -2.06. The molecule has 0 aliphatic heterocycles. The fourth-order valence-electron chi connectivity index (χ4n) is 2.45. The summed E-state index contributed by atoms with van der Waals surface area (Å²) in [4.78, 5) is 13.3. The van der Waals surface area contributed by atoms with Crippen LogP contribution in [-0.2, 0) is 6.61 Å². The third-order valence-corrected chi connectivity index (χ3v) is 5.24. The molecule has 0 saturated carbocycles. The first-order valence-electron chi connectivity index (χ1n) is 7.76. The minimum atomic E-state index is 0.475. The fourth-order valence-corrected chi connectivity index (χ4v) is 3.69. The maximum atomic E-state index is 5.87. The van der Waals surface area contributed by atoms with Gasteiger partial charge in [-0.05, 0) is 48.7 Å². The summed E-state index contributed by atoms with van der Waals surface area (Å²) in [5.74, 6) is 0.821. The second kappa shape index (κ2) is 7.21. The van der Waals surface area contributed by atoms with Crippen molar-refractivity contribution in [2.24, 2.45) is 0 Å². The molecule has 0 spiro atoms. The van der Waals surface area contributed by atoms with Crippen molar-refractivity contribution in [3.8, 4) is 17.0 Å². The van der Waals surface area contributed by atoms with Gasteiger partial charge in [-0.2, -0.15) is 0 Å². The summed E-state index contributed by atoms with van der Waals surface area (Å²) in [5, 5.41) is 1.75. The smallest absolute Gasteiger partial charge is 0.187 e. The maximum absolute atomic E-state index is 5.87. The number of nitrogens with zero attached hydrogens (tertiary/aromatic N) is 3. The van der Waals surface area contributed by atoms with Gasteiger partial charge in [0.2, 0.25) is 0 Å². The molecule has 2 heterocycles. The zero-order valence-electron chi connectivity index (χ0n) is 13.5. The summed E-state index contributed by atoms with van der Waals surface area (Å²) in [6, 6.07) is 18.0. The Morgan fingerprint density at radius 3 is 2.64 bits per heavy atom. The van der Waals surface area contributed by atoms with Gasteiger partial charge in [0.1, 0.15) is 17.4 Å². The minimum absolute atomic E-state index is 0.475. The van der Waals surface area contributed by atoms with Crippen molar-refractivity contribution < 1.29 is 4.74 Å².